The summed E-state index contributed by atoms with van der Waals surface area (Å²) in [6.45, 7) is 2.07. The number of carbonyl (C=O) groups is 2. The second-order valence-electron chi connectivity index (χ2n) is 7.92. The van der Waals surface area contributed by atoms with Crippen LogP contribution in [0.3, 0.4) is 0 Å². The van der Waals surface area contributed by atoms with Crippen LogP contribution in [0.5, 0.6) is 5.75 Å². The Morgan fingerprint density at radius 2 is 1.84 bits per heavy atom. The predicted octanol–water partition coefficient (Wildman–Crippen LogP) is 4.12. The Labute approximate surface area is 186 Å². The molecular formula is C25H26N2O5. The lowest BCUT2D eigenvalue weighted by Gasteiger charge is -2.20. The van der Waals surface area contributed by atoms with Gasteiger partial charge in [0.25, 0.3) is 11.5 Å². The number of aromatic nitrogens is 2. The van der Waals surface area contributed by atoms with E-state index in [-0.39, 0.29) is 35.4 Å². The summed E-state index contributed by atoms with van der Waals surface area (Å²) in [5, 5.41) is 13.3. The molecule has 0 amide bonds. The number of ketones is 1. The molecule has 166 valence electrons. The molecule has 1 aromatic heterocycles. The molecule has 0 spiro atoms. The van der Waals surface area contributed by atoms with E-state index in [4.69, 9.17) is 9.47 Å². The topological polar surface area (TPSA) is 92.4 Å². The molecule has 3 aromatic rings. The van der Waals surface area contributed by atoms with Gasteiger partial charge in [0.1, 0.15) is 17.9 Å². The van der Waals surface area contributed by atoms with Crippen LogP contribution in [0.1, 0.15) is 60.8 Å². The van der Waals surface area contributed by atoms with Gasteiger partial charge in [-0.1, -0.05) is 49.6 Å². The summed E-state index contributed by atoms with van der Waals surface area (Å²) in [5.74, 6) is -0.388. The maximum absolute atomic E-state index is 13.3. The summed E-state index contributed by atoms with van der Waals surface area (Å²) in [7, 11) is 0. The monoisotopic (exact) mass is 434 g/mol. The number of nitrogens with zero attached hydrogens (tertiary/aromatic N) is 2. The summed E-state index contributed by atoms with van der Waals surface area (Å²) in [6.07, 6.45) is 4.76. The third-order valence-corrected chi connectivity index (χ3v) is 5.75. The van der Waals surface area contributed by atoms with Gasteiger partial charge in [-0.3, -0.25) is 9.59 Å². The number of hydrogen-bond acceptors (Lipinski definition) is 6. The van der Waals surface area contributed by atoms with Crippen molar-refractivity contribution in [2.24, 2.45) is 5.92 Å². The summed E-state index contributed by atoms with van der Waals surface area (Å²) in [4.78, 5) is 30.3. The zero-order chi connectivity index (χ0) is 22.5. The number of esters is 1. The first-order chi connectivity index (χ1) is 15.6. The molecule has 0 aliphatic heterocycles. The third-order valence-electron chi connectivity index (χ3n) is 5.75. The zero-order valence-corrected chi connectivity index (χ0v) is 18.1. The van der Waals surface area contributed by atoms with Crippen molar-refractivity contribution >= 4 is 22.8 Å². The Hall–Kier alpha value is -3.48. The first-order valence-electron chi connectivity index (χ1n) is 11.0. The molecule has 7 heteroatoms. The summed E-state index contributed by atoms with van der Waals surface area (Å²) in [5.41, 5.74) is 0.983. The van der Waals surface area contributed by atoms with Crippen molar-refractivity contribution in [1.82, 2.24) is 4.98 Å². The number of rotatable bonds is 7. The molecule has 1 aliphatic rings. The van der Waals surface area contributed by atoms with Crippen LogP contribution in [-0.4, -0.2) is 23.3 Å². The molecule has 2 aromatic carbocycles. The first-order valence-corrected chi connectivity index (χ1v) is 11.0. The Morgan fingerprint density at radius 1 is 1.09 bits per heavy atom. The normalized spacial score (nSPS) is 14.3. The first kappa shape index (κ1) is 21.7. The third kappa shape index (κ3) is 4.56. The standard InChI is InChI=1S/C25H26N2O5/c1-2-31-19-13-14-20-22(15-19)27(30)23(24(28)17-9-5-3-6-10-17)21(26-20)16-32-25(29)18-11-7-4-8-12-18/h3,5-6,9-10,13-15,18H,2,4,7-8,11-12,16H2,1H3. The Kier molecular flexibility index (Phi) is 6.63. The molecule has 0 saturated heterocycles. The van der Waals surface area contributed by atoms with E-state index < -0.39 is 5.78 Å². The van der Waals surface area contributed by atoms with Crippen molar-refractivity contribution in [3.05, 3.63) is 70.7 Å². The lowest BCUT2D eigenvalue weighted by molar-refractivity contribution is -0.580. The molecule has 32 heavy (non-hydrogen) atoms. The van der Waals surface area contributed by atoms with Gasteiger partial charge < -0.3 is 14.7 Å². The van der Waals surface area contributed by atoms with E-state index in [2.05, 4.69) is 4.98 Å². The van der Waals surface area contributed by atoms with Crippen LogP contribution in [0, 0.1) is 11.1 Å². The Balaban J connectivity index is 1.72. The van der Waals surface area contributed by atoms with Crippen LogP contribution in [0.2, 0.25) is 0 Å². The van der Waals surface area contributed by atoms with Gasteiger partial charge in [-0.05, 0) is 31.9 Å². The van der Waals surface area contributed by atoms with E-state index >= 15 is 0 Å². The molecule has 1 heterocycles. The minimum atomic E-state index is -0.472. The molecular weight excluding hydrogens is 408 g/mol. The predicted molar refractivity (Wildman–Crippen MR) is 118 cm³/mol. The van der Waals surface area contributed by atoms with Crippen molar-refractivity contribution in [2.75, 3.05) is 6.61 Å². The van der Waals surface area contributed by atoms with Crippen LogP contribution in [0.4, 0.5) is 0 Å². The molecule has 1 aliphatic carbocycles. The van der Waals surface area contributed by atoms with Crippen LogP contribution < -0.4 is 9.47 Å². The van der Waals surface area contributed by atoms with E-state index in [1.54, 1.807) is 48.5 Å². The molecule has 0 radical (unpaired) electrons. The lowest BCUT2D eigenvalue weighted by atomic mass is 9.89. The van der Waals surface area contributed by atoms with Gasteiger partial charge in [0.05, 0.1) is 18.6 Å². The summed E-state index contributed by atoms with van der Waals surface area (Å²) >= 11 is 0. The van der Waals surface area contributed by atoms with Crippen LogP contribution in [-0.2, 0) is 16.1 Å². The van der Waals surface area contributed by atoms with Gasteiger partial charge in [0.2, 0.25) is 5.52 Å². The highest BCUT2D eigenvalue weighted by atomic mass is 16.5. The highest BCUT2D eigenvalue weighted by Crippen LogP contribution is 2.26. The maximum atomic E-state index is 13.3. The fourth-order valence-corrected chi connectivity index (χ4v) is 4.10. The Bertz CT molecular complexity index is 1120. The fourth-order valence-electron chi connectivity index (χ4n) is 4.10. The SMILES string of the molecule is CCOc1ccc2nc(COC(=O)C3CCCCC3)c(C(=O)c3ccccc3)[n+]([O-])c2c1. The van der Waals surface area contributed by atoms with Crippen molar-refractivity contribution < 1.29 is 23.8 Å². The van der Waals surface area contributed by atoms with E-state index in [9.17, 15) is 14.8 Å². The van der Waals surface area contributed by atoms with Gasteiger partial charge in [-0.25, -0.2) is 4.98 Å². The second kappa shape index (κ2) is 9.77. The van der Waals surface area contributed by atoms with E-state index in [0.29, 0.717) is 28.2 Å². The van der Waals surface area contributed by atoms with Crippen molar-refractivity contribution in [1.29, 1.82) is 0 Å². The smallest absolute Gasteiger partial charge is 0.309 e. The van der Waals surface area contributed by atoms with Crippen molar-refractivity contribution in [3.8, 4) is 5.75 Å². The van der Waals surface area contributed by atoms with Crippen LogP contribution in [0.15, 0.2) is 48.5 Å². The van der Waals surface area contributed by atoms with Gasteiger partial charge in [-0.15, -0.1) is 0 Å². The van der Waals surface area contributed by atoms with E-state index in [1.807, 2.05) is 6.92 Å². The van der Waals surface area contributed by atoms with Gasteiger partial charge in [0.15, 0.2) is 5.69 Å². The second-order valence-corrected chi connectivity index (χ2v) is 7.92. The van der Waals surface area contributed by atoms with Gasteiger partial charge >= 0.3 is 5.97 Å². The molecule has 0 atom stereocenters. The summed E-state index contributed by atoms with van der Waals surface area (Å²) < 4.78 is 11.6. The number of ether oxygens (including phenoxy) is 2. The average Bonchev–Trinajstić information content (AvgIpc) is 2.84. The molecule has 7 nitrogen and oxygen atoms in total. The number of hydrogen-bond donors (Lipinski definition) is 0. The molecule has 0 bridgehead atoms. The largest absolute Gasteiger partial charge is 0.618 e. The van der Waals surface area contributed by atoms with Gasteiger partial charge in [0, 0.05) is 5.56 Å². The average molecular weight is 434 g/mol. The van der Waals surface area contributed by atoms with E-state index in [1.165, 1.54) is 0 Å². The molecule has 1 saturated carbocycles. The zero-order valence-electron chi connectivity index (χ0n) is 18.1. The summed E-state index contributed by atoms with van der Waals surface area (Å²) in [6, 6.07) is 13.5. The van der Waals surface area contributed by atoms with Crippen molar-refractivity contribution in [3.63, 3.8) is 0 Å². The highest BCUT2D eigenvalue weighted by Gasteiger charge is 2.29. The number of carbonyl (C=O) groups excluding carboxylic acids is 2. The molecule has 1 fully saturated rings. The van der Waals surface area contributed by atoms with Crippen LogP contribution >= 0.6 is 0 Å². The molecule has 4 rings (SSSR count). The van der Waals surface area contributed by atoms with Crippen molar-refractivity contribution in [2.45, 2.75) is 45.6 Å². The number of benzene rings is 2. The molecule has 0 N–H and O–H groups in total. The minimum absolute atomic E-state index is 0.134. The quantitative estimate of drug-likeness (QED) is 0.240. The number of fused-ring (bicyclic) bond motifs is 1. The van der Waals surface area contributed by atoms with E-state index in [0.717, 1.165) is 32.1 Å². The maximum Gasteiger partial charge on any atom is 0.309 e. The Morgan fingerprint density at radius 3 is 2.56 bits per heavy atom. The lowest BCUT2D eigenvalue weighted by Crippen LogP contribution is -2.38. The van der Waals surface area contributed by atoms with Gasteiger partial charge in [-0.2, -0.15) is 4.73 Å². The van der Waals surface area contributed by atoms with Crippen LogP contribution in [0.25, 0.3) is 11.0 Å². The fraction of sp³-hybridized carbons (Fsp3) is 0.360. The molecule has 0 unspecified atom stereocenters. The highest BCUT2D eigenvalue weighted by molar-refractivity contribution is 6.07. The minimum Gasteiger partial charge on any atom is -0.618 e.